The summed E-state index contributed by atoms with van der Waals surface area (Å²) in [5.74, 6) is 0. The van der Waals surface area contributed by atoms with E-state index in [9.17, 15) is 0 Å². The van der Waals surface area contributed by atoms with Gasteiger partial charge in [-0.25, -0.2) is 0 Å². The smallest absolute Gasteiger partial charge is 0.0875 e. The lowest BCUT2D eigenvalue weighted by Crippen LogP contribution is -2.26. The Morgan fingerprint density at radius 1 is 0.692 bits per heavy atom. The van der Waals surface area contributed by atoms with Gasteiger partial charge < -0.3 is 4.57 Å². The molecule has 3 aromatic carbocycles. The van der Waals surface area contributed by atoms with Gasteiger partial charge >= 0.3 is 0 Å². The highest BCUT2D eigenvalue weighted by Crippen LogP contribution is 2.33. The summed E-state index contributed by atoms with van der Waals surface area (Å²) in [5, 5.41) is 4.32. The molecule has 0 aliphatic rings. The van der Waals surface area contributed by atoms with Gasteiger partial charge in [0.25, 0.3) is 0 Å². The second kappa shape index (κ2) is 6.62. The lowest BCUT2D eigenvalue weighted by Gasteiger charge is -2.17. The van der Waals surface area contributed by atoms with Gasteiger partial charge in [0.05, 0.1) is 15.0 Å². The molecule has 0 amide bonds. The van der Waals surface area contributed by atoms with E-state index in [2.05, 4.69) is 110 Å². The summed E-state index contributed by atoms with van der Waals surface area (Å²) >= 11 is 0. The van der Waals surface area contributed by atoms with Gasteiger partial charge in [-0.1, -0.05) is 91.8 Å². The predicted octanol–water partition coefficient (Wildman–Crippen LogP) is 4.05. The molecule has 26 heavy (non-hydrogen) atoms. The Hall–Kier alpha value is -2.58. The molecule has 4 aromatic rings. The summed E-state index contributed by atoms with van der Waals surface area (Å²) in [6, 6.07) is 28.7. The third-order valence-corrected chi connectivity index (χ3v) is 6.74. The average Bonchev–Trinajstić information content (AvgIpc) is 3.03. The van der Waals surface area contributed by atoms with Crippen molar-refractivity contribution in [1.29, 1.82) is 0 Å². The fraction of sp³-hybridized carbons (Fsp3) is 0.167. The highest BCUT2D eigenvalue weighted by atomic mass is 28.2. The first kappa shape index (κ1) is 16.9. The van der Waals surface area contributed by atoms with Crippen LogP contribution >= 0.6 is 0 Å². The van der Waals surface area contributed by atoms with E-state index < -0.39 is 9.52 Å². The zero-order chi connectivity index (χ0) is 18.1. The maximum absolute atomic E-state index is 2.34. The van der Waals surface area contributed by atoms with Crippen molar-refractivity contribution < 1.29 is 0 Å². The van der Waals surface area contributed by atoms with Crippen molar-refractivity contribution in [2.75, 3.05) is 0 Å². The number of aromatic nitrogens is 1. The van der Waals surface area contributed by atoms with Crippen molar-refractivity contribution in [2.24, 2.45) is 0 Å². The Morgan fingerprint density at radius 3 is 2.00 bits per heavy atom. The summed E-state index contributed by atoms with van der Waals surface area (Å²) < 4.78 is 2.34. The lowest BCUT2D eigenvalue weighted by molar-refractivity contribution is 0.594. The van der Waals surface area contributed by atoms with Crippen molar-refractivity contribution >= 4 is 30.8 Å². The van der Waals surface area contributed by atoms with E-state index in [4.69, 9.17) is 0 Å². The Kier molecular flexibility index (Phi) is 4.29. The van der Waals surface area contributed by atoms with Crippen LogP contribution < -0.4 is 10.4 Å². The van der Waals surface area contributed by atoms with Gasteiger partial charge in [-0.05, 0) is 29.2 Å². The average molecular weight is 356 g/mol. The minimum absolute atomic E-state index is 0.130. The number of fused-ring (bicyclic) bond motifs is 1. The van der Waals surface area contributed by atoms with Crippen LogP contribution in [0, 0.1) is 0 Å². The van der Waals surface area contributed by atoms with Gasteiger partial charge in [0, 0.05) is 17.3 Å². The molecule has 0 N–H and O–H groups in total. The van der Waals surface area contributed by atoms with Crippen LogP contribution in [0.5, 0.6) is 0 Å². The monoisotopic (exact) mass is 355 g/mol. The van der Waals surface area contributed by atoms with Crippen molar-refractivity contribution in [3.05, 3.63) is 90.6 Å². The zero-order valence-corrected chi connectivity index (χ0v) is 17.2. The summed E-state index contributed by atoms with van der Waals surface area (Å²) in [4.78, 5) is 0. The highest BCUT2D eigenvalue weighted by molar-refractivity contribution is 6.67. The van der Waals surface area contributed by atoms with E-state index in [0.29, 0.717) is 0 Å². The van der Waals surface area contributed by atoms with Crippen LogP contribution in [0.15, 0.2) is 85.1 Å². The van der Waals surface area contributed by atoms with Gasteiger partial charge in [0.15, 0.2) is 0 Å². The van der Waals surface area contributed by atoms with E-state index in [1.54, 1.807) is 0 Å². The molecule has 0 radical (unpaired) electrons. The molecule has 0 atom stereocenters. The third kappa shape index (κ3) is 3.25. The van der Waals surface area contributed by atoms with Crippen molar-refractivity contribution in [3.8, 4) is 5.69 Å². The van der Waals surface area contributed by atoms with Crippen LogP contribution in [0.1, 0.15) is 26.3 Å². The Balaban J connectivity index is 1.72. The first-order chi connectivity index (χ1) is 12.5. The second-order valence-corrected chi connectivity index (χ2v) is 10.00. The van der Waals surface area contributed by atoms with Crippen molar-refractivity contribution in [3.63, 3.8) is 0 Å². The molecule has 0 aliphatic carbocycles. The molecular weight excluding hydrogens is 330 g/mol. The fourth-order valence-corrected chi connectivity index (χ4v) is 5.05. The molecule has 1 nitrogen and oxygen atoms in total. The number of rotatable bonds is 3. The summed E-state index contributed by atoms with van der Waals surface area (Å²) in [5.41, 5.74) is 4.05. The zero-order valence-electron chi connectivity index (χ0n) is 15.7. The minimum atomic E-state index is -0.398. The van der Waals surface area contributed by atoms with Gasteiger partial charge in [0.1, 0.15) is 0 Å². The van der Waals surface area contributed by atoms with E-state index in [0.717, 1.165) is 0 Å². The first-order valence-corrected chi connectivity index (χ1v) is 10.7. The molecule has 0 fully saturated rings. The van der Waals surface area contributed by atoms with E-state index in [-0.39, 0.29) is 5.41 Å². The predicted molar refractivity (Wildman–Crippen MR) is 116 cm³/mol. The van der Waals surface area contributed by atoms with Crippen LogP contribution in [-0.4, -0.2) is 14.1 Å². The summed E-state index contributed by atoms with van der Waals surface area (Å²) in [6.45, 7) is 6.86. The molecule has 0 spiro atoms. The molecule has 1 aromatic heterocycles. The molecule has 1 heterocycles. The van der Waals surface area contributed by atoms with Crippen LogP contribution in [0.2, 0.25) is 0 Å². The highest BCUT2D eigenvalue weighted by Gasteiger charge is 2.20. The number of benzene rings is 3. The number of hydrogen-bond donors (Lipinski definition) is 0. The number of para-hydroxylation sites is 1. The van der Waals surface area contributed by atoms with Crippen molar-refractivity contribution in [1.82, 2.24) is 4.57 Å². The molecule has 130 valence electrons. The molecule has 0 saturated carbocycles. The number of nitrogens with zero attached hydrogens (tertiary/aromatic N) is 1. The van der Waals surface area contributed by atoms with E-state index in [1.165, 1.54) is 32.5 Å². The molecule has 0 unspecified atom stereocenters. The fourth-order valence-electron chi connectivity index (χ4n) is 3.60. The van der Waals surface area contributed by atoms with E-state index >= 15 is 0 Å². The van der Waals surface area contributed by atoms with Crippen LogP contribution in [0.3, 0.4) is 0 Å². The number of hydrogen-bond acceptors (Lipinski definition) is 0. The topological polar surface area (TPSA) is 4.93 Å². The van der Waals surface area contributed by atoms with Crippen LogP contribution in [0.4, 0.5) is 0 Å². The van der Waals surface area contributed by atoms with Gasteiger partial charge in [-0.15, -0.1) is 0 Å². The maximum Gasteiger partial charge on any atom is 0.0875 e. The van der Waals surface area contributed by atoms with E-state index in [1.807, 2.05) is 0 Å². The van der Waals surface area contributed by atoms with Gasteiger partial charge in [-0.2, -0.15) is 0 Å². The van der Waals surface area contributed by atoms with Gasteiger partial charge in [0.2, 0.25) is 0 Å². The Labute approximate surface area is 158 Å². The SMILES string of the molecule is CC(C)(C)c1cn(-c2ccc([SiH2]c3ccccc3)cc2)c2ccccc12. The second-order valence-electron chi connectivity index (χ2n) is 8.01. The quantitative estimate of drug-likeness (QED) is 0.489. The first-order valence-electron chi connectivity index (χ1n) is 9.26. The Bertz CT molecular complexity index is 1020. The largest absolute Gasteiger partial charge is 0.316 e. The summed E-state index contributed by atoms with van der Waals surface area (Å²) in [7, 11) is -0.398. The Morgan fingerprint density at radius 2 is 1.31 bits per heavy atom. The standard InChI is InChI=1S/C24H25NSi/c1-24(2,3)22-17-25(23-12-8-7-11-21(22)23)18-13-15-20(16-14-18)26-19-9-5-4-6-10-19/h4-17H,26H2,1-3H3. The van der Waals surface area contributed by atoms with Crippen LogP contribution in [0.25, 0.3) is 16.6 Å². The molecular formula is C24H25NSi. The van der Waals surface area contributed by atoms with Crippen LogP contribution in [-0.2, 0) is 5.41 Å². The summed E-state index contributed by atoms with van der Waals surface area (Å²) in [6.07, 6.45) is 2.31. The van der Waals surface area contributed by atoms with Crippen molar-refractivity contribution in [2.45, 2.75) is 26.2 Å². The molecule has 2 heteroatoms. The maximum atomic E-state index is 2.34. The molecule has 0 saturated heterocycles. The minimum Gasteiger partial charge on any atom is -0.316 e. The van der Waals surface area contributed by atoms with Gasteiger partial charge in [-0.3, -0.25) is 0 Å². The normalized spacial score (nSPS) is 12.3. The third-order valence-electron chi connectivity index (χ3n) is 4.99. The molecule has 0 bridgehead atoms. The molecule has 4 rings (SSSR count). The lowest BCUT2D eigenvalue weighted by atomic mass is 9.87. The molecule has 0 aliphatic heterocycles.